The summed E-state index contributed by atoms with van der Waals surface area (Å²) in [7, 11) is -2.63. The van der Waals surface area contributed by atoms with Crippen molar-refractivity contribution in [2.24, 2.45) is 0 Å². The van der Waals surface area contributed by atoms with Crippen LogP contribution in [0.2, 0.25) is 0 Å². The maximum absolute atomic E-state index is 9.76. The highest BCUT2D eigenvalue weighted by Crippen LogP contribution is 1.71. The first-order chi connectivity index (χ1) is 3.55. The molecule has 0 heterocycles. The summed E-state index contributed by atoms with van der Waals surface area (Å²) in [5, 5.41) is 6.10. The summed E-state index contributed by atoms with van der Waals surface area (Å²) in [5.74, 6) is -1.83. The number of hydrogen-bond donors (Lipinski definition) is 2. The molecule has 0 aromatic heterocycles. The molecule has 0 unspecified atom stereocenters. The molecule has 2 N–H and O–H groups in total. The molecule has 0 aromatic rings. The Labute approximate surface area is 46.3 Å². The fourth-order valence-electron chi connectivity index (χ4n) is 0.0793. The molecule has 6 heteroatoms. The zero-order valence-corrected chi connectivity index (χ0v) is 4.40. The molecule has 0 amide bonds. The Morgan fingerprint density at radius 2 is 1.88 bits per heavy atom. The van der Waals surface area contributed by atoms with Crippen LogP contribution in [-0.2, 0) is 24.4 Å². The summed E-state index contributed by atoms with van der Waals surface area (Å²) >= 11 is 0. The Kier molecular flexibility index (Phi) is 2.14. The van der Waals surface area contributed by atoms with Gasteiger partial charge in [0.2, 0.25) is 0 Å². The van der Waals surface area contributed by atoms with Crippen molar-refractivity contribution in [3.05, 3.63) is 0 Å². The fourth-order valence-corrected chi connectivity index (χ4v) is 0.238. The molecule has 0 spiro atoms. The normalized spacial score (nSPS) is 9.12. The van der Waals surface area contributed by atoms with Crippen molar-refractivity contribution in [3.63, 3.8) is 0 Å². The summed E-state index contributed by atoms with van der Waals surface area (Å²) in [6.07, 6.45) is 0. The molecule has 0 aromatic carbocycles. The Morgan fingerprint density at radius 1 is 1.50 bits per heavy atom. The van der Waals surface area contributed by atoms with Gasteiger partial charge < -0.3 is 18.9 Å². The van der Waals surface area contributed by atoms with Crippen molar-refractivity contribution in [3.8, 4) is 0 Å². The molecule has 0 saturated heterocycles. The molecule has 0 aliphatic rings. The topological polar surface area (TPSA) is 95.3 Å². The van der Waals surface area contributed by atoms with Crippen LogP contribution < -0.4 is 0 Å². The average molecular weight is 136 g/mol. The van der Waals surface area contributed by atoms with Crippen LogP contribution in [-0.4, -0.2) is 16.2 Å². The van der Waals surface area contributed by atoms with E-state index in [-0.39, 0.29) is 0 Å². The maximum Gasteiger partial charge on any atom is 0.353 e. The third-order valence-electron chi connectivity index (χ3n) is 0.343. The molecule has 46 valence electrons. The van der Waals surface area contributed by atoms with E-state index in [4.69, 9.17) is 9.89 Å². The van der Waals surface area contributed by atoms with Crippen molar-refractivity contribution < 1.29 is 18.9 Å². The smallest absolute Gasteiger partial charge is 0.353 e. The summed E-state index contributed by atoms with van der Waals surface area (Å²) in [5.41, 5.74) is 0. The first-order valence-corrected chi connectivity index (χ1v) is 2.61. The molecule has 0 bridgehead atoms. The van der Waals surface area contributed by atoms with Gasteiger partial charge in [0, 0.05) is 0 Å². The maximum atomic E-state index is 9.76. The highest BCUT2D eigenvalue weighted by atomic mass is 32.2. The Bertz CT molecular complexity index is 184. The molecule has 0 aliphatic heterocycles. The molecule has 5 nitrogen and oxygen atoms in total. The zero-order valence-electron chi connectivity index (χ0n) is 3.58. The average Bonchev–Trinajstić information content (AvgIpc) is 1.64. The van der Waals surface area contributed by atoms with Crippen LogP contribution in [0.15, 0.2) is 0 Å². The van der Waals surface area contributed by atoms with Crippen molar-refractivity contribution in [1.82, 2.24) is 0 Å². The molecule has 0 fully saturated rings. The molecular weight excluding hydrogens is 134 g/mol. The van der Waals surface area contributed by atoms with Gasteiger partial charge in [-0.3, -0.25) is 0 Å². The molecular formula is C2H2NO4S-. The van der Waals surface area contributed by atoms with Gasteiger partial charge in [-0.05, 0) is 0 Å². The lowest BCUT2D eigenvalue weighted by Gasteiger charge is -1.88. The quantitative estimate of drug-likeness (QED) is 0.340. The predicted molar refractivity (Wildman–Crippen MR) is 23.4 cm³/mol. The van der Waals surface area contributed by atoms with Gasteiger partial charge in [0.05, 0.1) is 0 Å². The number of carbonyl (C=O) groups excluding carboxylic acids is 1. The number of carbonyl (C=O) groups is 2. The number of hydrogen-bond acceptors (Lipinski definition) is 5. The van der Waals surface area contributed by atoms with E-state index in [1.165, 1.54) is 0 Å². The Hall–Kier alpha value is -0.910. The minimum atomic E-state index is -2.63. The predicted octanol–water partition coefficient (Wildman–Crippen LogP) is -0.676. The second-order valence-corrected chi connectivity index (χ2v) is 1.77. The molecule has 8 heavy (non-hydrogen) atoms. The van der Waals surface area contributed by atoms with E-state index < -0.39 is 21.7 Å². The minimum absolute atomic E-state index is 1.59. The van der Waals surface area contributed by atoms with E-state index in [1.807, 2.05) is 0 Å². The van der Waals surface area contributed by atoms with E-state index in [0.29, 0.717) is 0 Å². The van der Waals surface area contributed by atoms with Gasteiger partial charge in [-0.15, -0.1) is 10.6 Å². The van der Waals surface area contributed by atoms with Crippen LogP contribution in [0.4, 0.5) is 0 Å². The van der Waals surface area contributed by atoms with Gasteiger partial charge in [-0.1, -0.05) is 0 Å². The molecule has 0 saturated carbocycles. The number of carboxylic acid groups (broad SMARTS) is 1. The van der Waals surface area contributed by atoms with Crippen molar-refractivity contribution in [2.75, 3.05) is 0 Å². The van der Waals surface area contributed by atoms with Crippen LogP contribution >= 0.6 is 0 Å². The van der Waals surface area contributed by atoms with Gasteiger partial charge >= 0.3 is 5.97 Å². The van der Waals surface area contributed by atoms with E-state index >= 15 is 0 Å². The second kappa shape index (κ2) is 2.41. The fraction of sp³-hybridized carbons (Fsp3) is 0. The first kappa shape index (κ1) is 7.09. The van der Waals surface area contributed by atoms with E-state index in [2.05, 4.69) is 0 Å². The van der Waals surface area contributed by atoms with Crippen LogP contribution in [0, 0.1) is 4.78 Å². The summed E-state index contributed by atoms with van der Waals surface area (Å²) in [6.45, 7) is 0. The third kappa shape index (κ3) is 1.69. The second-order valence-electron chi connectivity index (χ2n) is 0.861. The van der Waals surface area contributed by atoms with E-state index in [1.54, 1.807) is 0 Å². The van der Waals surface area contributed by atoms with Gasteiger partial charge in [0.15, 0.2) is 5.12 Å². The lowest BCUT2D eigenvalue weighted by molar-refractivity contribution is -0.145. The van der Waals surface area contributed by atoms with Crippen LogP contribution in [0.25, 0.3) is 0 Å². The van der Waals surface area contributed by atoms with Crippen molar-refractivity contribution >= 4 is 21.7 Å². The Morgan fingerprint density at radius 3 is 1.88 bits per heavy atom. The molecule has 0 radical (unpaired) electrons. The lowest BCUT2D eigenvalue weighted by atomic mass is 10.8. The summed E-state index contributed by atoms with van der Waals surface area (Å²) < 4.78 is 15.7. The third-order valence-corrected chi connectivity index (χ3v) is 0.854. The first-order valence-electron chi connectivity index (χ1n) is 1.46. The number of aliphatic carboxylic acids is 1. The van der Waals surface area contributed by atoms with E-state index in [0.717, 1.165) is 0 Å². The van der Waals surface area contributed by atoms with Crippen LogP contribution in [0.3, 0.4) is 0 Å². The van der Waals surface area contributed by atoms with E-state index in [9.17, 15) is 13.8 Å². The lowest BCUT2D eigenvalue weighted by Crippen LogP contribution is -2.11. The van der Waals surface area contributed by atoms with Crippen molar-refractivity contribution in [2.45, 2.75) is 0 Å². The zero-order chi connectivity index (χ0) is 6.73. The number of carboxylic acids is 1. The summed E-state index contributed by atoms with van der Waals surface area (Å²) in [4.78, 5) is 19.2. The molecule has 0 aliphatic carbocycles. The number of nitrogens with one attached hydrogen (secondary N) is 1. The van der Waals surface area contributed by atoms with Crippen molar-refractivity contribution in [1.29, 1.82) is 4.78 Å². The van der Waals surface area contributed by atoms with Gasteiger partial charge in [-0.25, -0.2) is 4.79 Å². The van der Waals surface area contributed by atoms with Gasteiger partial charge in [0.25, 0.3) is 0 Å². The van der Waals surface area contributed by atoms with Gasteiger partial charge in [-0.2, -0.15) is 0 Å². The molecule has 0 rings (SSSR count). The monoisotopic (exact) mass is 136 g/mol. The van der Waals surface area contributed by atoms with Crippen LogP contribution in [0.1, 0.15) is 0 Å². The largest absolute Gasteiger partial charge is 0.477 e. The standard InChI is InChI=1S/C2H2NO4S/c3-8(7)2(6)1(4)5/h3H,(H,4,5)/q-1. The van der Waals surface area contributed by atoms with Crippen LogP contribution in [0.5, 0.6) is 0 Å². The highest BCUT2D eigenvalue weighted by molar-refractivity contribution is 7.92. The SMILES string of the molecule is N=[S-](=O)C(=O)C(=O)O. The minimum Gasteiger partial charge on any atom is -0.477 e. The number of rotatable bonds is 0. The Balaban J connectivity index is 4.28. The molecule has 0 atom stereocenters. The summed E-state index contributed by atoms with van der Waals surface area (Å²) in [6, 6.07) is 0. The highest BCUT2D eigenvalue weighted by Gasteiger charge is 1.99. The van der Waals surface area contributed by atoms with Gasteiger partial charge in [0.1, 0.15) is 0 Å².